The Hall–Kier alpha value is -1.35. The molecule has 1 aliphatic carbocycles. The molecule has 0 spiro atoms. The fourth-order valence-electron chi connectivity index (χ4n) is 2.74. The molecule has 1 fully saturated rings. The largest absolute Gasteiger partial charge is 0.467 e. The van der Waals surface area contributed by atoms with Crippen LogP contribution in [-0.4, -0.2) is 34.9 Å². The van der Waals surface area contributed by atoms with E-state index in [1.165, 1.54) is 0 Å². The molecule has 23 heavy (non-hydrogen) atoms. The molecule has 3 N–H and O–H groups in total. The summed E-state index contributed by atoms with van der Waals surface area (Å²) in [6, 6.07) is 0. The Morgan fingerprint density at radius 2 is 2.09 bits per heavy atom. The van der Waals surface area contributed by atoms with Gasteiger partial charge in [-0.3, -0.25) is 4.79 Å². The quantitative estimate of drug-likeness (QED) is 0.819. The first-order valence-corrected chi connectivity index (χ1v) is 7.86. The van der Waals surface area contributed by atoms with Crippen molar-refractivity contribution in [2.45, 2.75) is 43.9 Å². The molecule has 5 nitrogen and oxygen atoms in total. The van der Waals surface area contributed by atoms with Gasteiger partial charge in [0.15, 0.2) is 6.61 Å². The Morgan fingerprint density at radius 3 is 2.65 bits per heavy atom. The summed E-state index contributed by atoms with van der Waals surface area (Å²) in [5.74, 6) is -1.44. The molecule has 1 amide bonds. The van der Waals surface area contributed by atoms with Gasteiger partial charge in [-0.05, 0) is 34.3 Å². The number of aromatic nitrogens is 1. The van der Waals surface area contributed by atoms with Gasteiger partial charge in [-0.1, -0.05) is 12.8 Å². The fourth-order valence-corrected chi connectivity index (χ4v) is 3.46. The molecule has 0 aromatic carbocycles. The second kappa shape index (κ2) is 7.04. The van der Waals surface area contributed by atoms with Gasteiger partial charge in [-0.15, -0.1) is 0 Å². The third kappa shape index (κ3) is 4.35. The molecule has 128 valence electrons. The lowest BCUT2D eigenvalue weighted by molar-refractivity contribution is -0.154. The maximum Gasteiger partial charge on any atom is 0.422 e. The third-order valence-electron chi connectivity index (χ3n) is 3.76. The Morgan fingerprint density at radius 1 is 1.43 bits per heavy atom. The van der Waals surface area contributed by atoms with Crippen molar-refractivity contribution in [3.05, 3.63) is 21.8 Å². The Labute approximate surface area is 139 Å². The van der Waals surface area contributed by atoms with Crippen LogP contribution in [0.2, 0.25) is 0 Å². The second-order valence-corrected chi connectivity index (χ2v) is 6.22. The number of aliphatic hydroxyl groups is 1. The lowest BCUT2D eigenvalue weighted by atomic mass is 9.80. The number of pyridine rings is 1. The van der Waals surface area contributed by atoms with E-state index in [4.69, 9.17) is 5.73 Å². The number of alkyl halides is 3. The minimum atomic E-state index is -4.51. The molecule has 0 bridgehead atoms. The number of ether oxygens (including phenoxy) is 1. The van der Waals surface area contributed by atoms with Crippen molar-refractivity contribution in [3.63, 3.8) is 0 Å². The number of carbonyl (C=O) groups is 1. The van der Waals surface area contributed by atoms with Crippen LogP contribution >= 0.6 is 15.9 Å². The van der Waals surface area contributed by atoms with Crippen molar-refractivity contribution in [3.8, 4) is 5.88 Å². The zero-order valence-electron chi connectivity index (χ0n) is 12.1. The number of hydrogen-bond donors (Lipinski definition) is 2. The molecule has 1 saturated carbocycles. The summed E-state index contributed by atoms with van der Waals surface area (Å²) in [6.07, 6.45) is -1.27. The fraction of sp³-hybridized carbons (Fsp3) is 0.571. The second-order valence-electron chi connectivity index (χ2n) is 5.43. The maximum absolute atomic E-state index is 12.3. The van der Waals surface area contributed by atoms with Crippen LogP contribution in [-0.2, 0) is 0 Å². The first kappa shape index (κ1) is 18.0. The van der Waals surface area contributed by atoms with Gasteiger partial charge in [0, 0.05) is 12.1 Å². The molecule has 2 rings (SSSR count). The number of hydrogen-bond acceptors (Lipinski definition) is 4. The molecule has 9 heteroatoms. The van der Waals surface area contributed by atoms with Gasteiger partial charge in [0.1, 0.15) is 0 Å². The number of nitrogens with zero attached hydrogens (tertiary/aromatic N) is 1. The van der Waals surface area contributed by atoms with Crippen molar-refractivity contribution < 1.29 is 27.8 Å². The van der Waals surface area contributed by atoms with E-state index in [1.54, 1.807) is 0 Å². The van der Waals surface area contributed by atoms with E-state index in [0.717, 1.165) is 19.0 Å². The highest BCUT2D eigenvalue weighted by Crippen LogP contribution is 2.41. The minimum Gasteiger partial charge on any atom is -0.467 e. The first-order valence-electron chi connectivity index (χ1n) is 7.06. The summed E-state index contributed by atoms with van der Waals surface area (Å²) in [4.78, 5) is 15.3. The number of primary amides is 1. The highest BCUT2D eigenvalue weighted by atomic mass is 79.9. The van der Waals surface area contributed by atoms with E-state index >= 15 is 0 Å². The van der Waals surface area contributed by atoms with Crippen LogP contribution in [0.15, 0.2) is 10.7 Å². The average molecular weight is 397 g/mol. The Balaban J connectivity index is 2.41. The SMILES string of the molecule is NC(=O)c1cnc(OCC(F)(F)F)c(Br)c1[C@H]1CCCC[C@H]1O. The van der Waals surface area contributed by atoms with Crippen LogP contribution in [0.4, 0.5) is 13.2 Å². The van der Waals surface area contributed by atoms with Gasteiger partial charge in [0.05, 0.1) is 16.1 Å². The zero-order valence-corrected chi connectivity index (χ0v) is 13.7. The van der Waals surface area contributed by atoms with Crippen molar-refractivity contribution in [1.82, 2.24) is 4.98 Å². The maximum atomic E-state index is 12.3. The number of halogens is 4. The lowest BCUT2D eigenvalue weighted by Crippen LogP contribution is -2.27. The zero-order chi connectivity index (χ0) is 17.2. The molecular weight excluding hydrogens is 381 g/mol. The smallest absolute Gasteiger partial charge is 0.422 e. The molecule has 1 aliphatic rings. The van der Waals surface area contributed by atoms with Crippen LogP contribution in [0, 0.1) is 0 Å². The predicted molar refractivity (Wildman–Crippen MR) is 79.2 cm³/mol. The third-order valence-corrected chi connectivity index (χ3v) is 4.53. The average Bonchev–Trinajstić information content (AvgIpc) is 2.45. The highest BCUT2D eigenvalue weighted by Gasteiger charge is 2.33. The summed E-state index contributed by atoms with van der Waals surface area (Å²) in [7, 11) is 0. The van der Waals surface area contributed by atoms with Gasteiger partial charge in [-0.2, -0.15) is 13.2 Å². The molecular formula is C14H16BrF3N2O3. The van der Waals surface area contributed by atoms with Gasteiger partial charge < -0.3 is 15.6 Å². The number of amides is 1. The van der Waals surface area contributed by atoms with Crippen LogP contribution in [0.5, 0.6) is 5.88 Å². The van der Waals surface area contributed by atoms with E-state index in [-0.39, 0.29) is 15.9 Å². The highest BCUT2D eigenvalue weighted by molar-refractivity contribution is 9.10. The van der Waals surface area contributed by atoms with E-state index < -0.39 is 30.7 Å². The molecule has 0 radical (unpaired) electrons. The molecule has 1 heterocycles. The van der Waals surface area contributed by atoms with E-state index in [1.807, 2.05) is 0 Å². The summed E-state index contributed by atoms with van der Waals surface area (Å²) in [5.41, 5.74) is 5.76. The Kier molecular flexibility index (Phi) is 5.51. The Bertz CT molecular complexity index is 595. The molecule has 1 aromatic rings. The summed E-state index contributed by atoms with van der Waals surface area (Å²) < 4.78 is 41.8. The number of rotatable bonds is 4. The predicted octanol–water partition coefficient (Wildman–Crippen LogP) is 2.90. The molecule has 0 aliphatic heterocycles. The molecule has 0 saturated heterocycles. The monoisotopic (exact) mass is 396 g/mol. The molecule has 0 unspecified atom stereocenters. The van der Waals surface area contributed by atoms with Gasteiger partial charge in [0.25, 0.3) is 5.91 Å². The van der Waals surface area contributed by atoms with Crippen molar-refractivity contribution in [2.75, 3.05) is 6.61 Å². The summed E-state index contributed by atoms with van der Waals surface area (Å²) in [5, 5.41) is 10.2. The van der Waals surface area contributed by atoms with Crippen molar-refractivity contribution in [2.24, 2.45) is 5.73 Å². The standard InChI is InChI=1S/C14H16BrF3N2O3/c15-11-10(7-3-1-2-4-9(7)21)8(12(19)22)5-20-13(11)23-6-14(16,17)18/h5,7,9,21H,1-4,6H2,(H2,19,22)/t7-,9+/m0/s1. The van der Waals surface area contributed by atoms with E-state index in [0.29, 0.717) is 18.4 Å². The summed E-state index contributed by atoms with van der Waals surface area (Å²) in [6.45, 7) is -1.50. The molecule has 2 atom stereocenters. The van der Waals surface area contributed by atoms with Crippen LogP contribution in [0.1, 0.15) is 47.5 Å². The summed E-state index contributed by atoms with van der Waals surface area (Å²) >= 11 is 3.16. The van der Waals surface area contributed by atoms with Gasteiger partial charge in [-0.25, -0.2) is 4.98 Å². The lowest BCUT2D eigenvalue weighted by Gasteiger charge is -2.30. The number of carbonyl (C=O) groups excluding carboxylic acids is 1. The first-order chi connectivity index (χ1) is 10.7. The number of nitrogens with two attached hydrogens (primary N) is 1. The van der Waals surface area contributed by atoms with Crippen molar-refractivity contribution >= 4 is 21.8 Å². The topological polar surface area (TPSA) is 85.4 Å². The van der Waals surface area contributed by atoms with E-state index in [2.05, 4.69) is 25.7 Å². The molecule has 1 aromatic heterocycles. The minimum absolute atomic E-state index is 0.0715. The van der Waals surface area contributed by atoms with Gasteiger partial charge in [0.2, 0.25) is 5.88 Å². The van der Waals surface area contributed by atoms with E-state index in [9.17, 15) is 23.1 Å². The van der Waals surface area contributed by atoms with Crippen LogP contribution in [0.3, 0.4) is 0 Å². The van der Waals surface area contributed by atoms with Crippen LogP contribution in [0.25, 0.3) is 0 Å². The van der Waals surface area contributed by atoms with Crippen molar-refractivity contribution in [1.29, 1.82) is 0 Å². The van der Waals surface area contributed by atoms with Gasteiger partial charge >= 0.3 is 6.18 Å². The number of aliphatic hydroxyl groups excluding tert-OH is 1. The normalized spacial score (nSPS) is 22.0. The van der Waals surface area contributed by atoms with Crippen LogP contribution < -0.4 is 10.5 Å².